The van der Waals surface area contributed by atoms with Gasteiger partial charge in [-0.25, -0.2) is 0 Å². The topological polar surface area (TPSA) is 100.0 Å². The van der Waals surface area contributed by atoms with E-state index in [1.807, 2.05) is 13.8 Å². The molecule has 0 saturated carbocycles. The maximum atomic E-state index is 6.18. The smallest absolute Gasteiger partial charge is 0.271 e. The maximum Gasteiger partial charge on any atom is 0.271 e. The van der Waals surface area contributed by atoms with E-state index in [1.54, 1.807) is 0 Å². The SMILES string of the molecule is CCOCC(C)(N)c1noc(-c2snnc2C(C)(C)C)n1. The van der Waals surface area contributed by atoms with Crippen LogP contribution in [0.25, 0.3) is 10.8 Å². The van der Waals surface area contributed by atoms with E-state index in [2.05, 4.69) is 40.5 Å². The van der Waals surface area contributed by atoms with Crippen molar-refractivity contribution in [2.45, 2.75) is 45.6 Å². The average molecular weight is 311 g/mol. The highest BCUT2D eigenvalue weighted by molar-refractivity contribution is 7.09. The molecule has 2 N–H and O–H groups in total. The summed E-state index contributed by atoms with van der Waals surface area (Å²) >= 11 is 1.24. The third-order valence-electron chi connectivity index (χ3n) is 2.94. The molecule has 7 nitrogen and oxygen atoms in total. The first-order chi connectivity index (χ1) is 9.75. The molecule has 0 saturated heterocycles. The third-order valence-corrected chi connectivity index (χ3v) is 3.65. The number of hydrogen-bond donors (Lipinski definition) is 1. The molecule has 0 aliphatic rings. The molecule has 0 fully saturated rings. The highest BCUT2D eigenvalue weighted by Gasteiger charge is 2.31. The Bertz CT molecular complexity index is 600. The molecule has 21 heavy (non-hydrogen) atoms. The summed E-state index contributed by atoms with van der Waals surface area (Å²) in [4.78, 5) is 5.18. The van der Waals surface area contributed by atoms with Crippen molar-refractivity contribution in [1.29, 1.82) is 0 Å². The second-order valence-electron chi connectivity index (χ2n) is 6.18. The highest BCUT2D eigenvalue weighted by Crippen LogP contribution is 2.33. The van der Waals surface area contributed by atoms with Crippen LogP contribution in [-0.2, 0) is 15.7 Å². The number of nitrogens with two attached hydrogens (primary N) is 1. The molecular formula is C13H21N5O2S. The molecule has 0 aromatic carbocycles. The van der Waals surface area contributed by atoms with E-state index in [1.165, 1.54) is 11.5 Å². The van der Waals surface area contributed by atoms with E-state index in [0.29, 0.717) is 24.9 Å². The molecule has 0 aliphatic carbocycles. The van der Waals surface area contributed by atoms with Crippen molar-refractivity contribution in [2.75, 3.05) is 13.2 Å². The summed E-state index contributed by atoms with van der Waals surface area (Å²) in [6, 6.07) is 0. The normalized spacial score (nSPS) is 15.1. The molecule has 116 valence electrons. The first-order valence-corrected chi connectivity index (χ1v) is 7.57. The molecule has 2 rings (SSSR count). The molecule has 1 unspecified atom stereocenters. The number of rotatable bonds is 5. The molecule has 2 aromatic rings. The molecule has 2 heterocycles. The molecular weight excluding hydrogens is 290 g/mol. The summed E-state index contributed by atoms with van der Waals surface area (Å²) in [5.74, 6) is 0.817. The molecule has 0 radical (unpaired) electrons. The van der Waals surface area contributed by atoms with Gasteiger partial charge < -0.3 is 15.0 Å². The Balaban J connectivity index is 2.31. The second kappa shape index (κ2) is 5.78. The summed E-state index contributed by atoms with van der Waals surface area (Å²) in [7, 11) is 0. The van der Waals surface area contributed by atoms with Crippen molar-refractivity contribution < 1.29 is 9.26 Å². The molecule has 0 aliphatic heterocycles. The largest absolute Gasteiger partial charge is 0.379 e. The van der Waals surface area contributed by atoms with Crippen LogP contribution in [0.1, 0.15) is 46.1 Å². The van der Waals surface area contributed by atoms with Crippen LogP contribution in [0.4, 0.5) is 0 Å². The van der Waals surface area contributed by atoms with E-state index in [-0.39, 0.29) is 5.41 Å². The lowest BCUT2D eigenvalue weighted by atomic mass is 9.91. The zero-order valence-corrected chi connectivity index (χ0v) is 13.8. The molecule has 0 spiro atoms. The third kappa shape index (κ3) is 3.45. The minimum atomic E-state index is -0.794. The van der Waals surface area contributed by atoms with Gasteiger partial charge in [-0.2, -0.15) is 4.98 Å². The number of ether oxygens (including phenoxy) is 1. The van der Waals surface area contributed by atoms with Crippen LogP contribution in [0.5, 0.6) is 0 Å². The molecule has 2 aromatic heterocycles. The number of aromatic nitrogens is 4. The summed E-state index contributed by atoms with van der Waals surface area (Å²) in [5.41, 5.74) is 6.08. The van der Waals surface area contributed by atoms with Crippen molar-refractivity contribution in [1.82, 2.24) is 19.7 Å². The zero-order chi connectivity index (χ0) is 15.7. The van der Waals surface area contributed by atoms with Crippen LogP contribution in [0.15, 0.2) is 4.52 Å². The molecule has 8 heteroatoms. The van der Waals surface area contributed by atoms with Gasteiger partial charge in [-0.15, -0.1) is 5.10 Å². The van der Waals surface area contributed by atoms with Gasteiger partial charge in [0.1, 0.15) is 10.4 Å². The Hall–Kier alpha value is -1.38. The van der Waals surface area contributed by atoms with Gasteiger partial charge in [0.15, 0.2) is 5.82 Å². The van der Waals surface area contributed by atoms with Crippen molar-refractivity contribution in [2.24, 2.45) is 5.73 Å². The Kier molecular flexibility index (Phi) is 4.40. The monoisotopic (exact) mass is 311 g/mol. The molecule has 1 atom stereocenters. The van der Waals surface area contributed by atoms with Gasteiger partial charge in [-0.1, -0.05) is 30.4 Å². The molecule has 0 bridgehead atoms. The van der Waals surface area contributed by atoms with Crippen LogP contribution < -0.4 is 5.73 Å². The van der Waals surface area contributed by atoms with Gasteiger partial charge >= 0.3 is 0 Å². The van der Waals surface area contributed by atoms with Crippen LogP contribution in [0, 0.1) is 0 Å². The van der Waals surface area contributed by atoms with Crippen LogP contribution in [0.3, 0.4) is 0 Å². The lowest BCUT2D eigenvalue weighted by molar-refractivity contribution is 0.0962. The minimum Gasteiger partial charge on any atom is -0.379 e. The van der Waals surface area contributed by atoms with E-state index < -0.39 is 5.54 Å². The Morgan fingerprint density at radius 3 is 2.62 bits per heavy atom. The summed E-state index contributed by atoms with van der Waals surface area (Å²) in [5, 5.41) is 8.15. The summed E-state index contributed by atoms with van der Waals surface area (Å²) in [6.45, 7) is 10.8. The van der Waals surface area contributed by atoms with Crippen LogP contribution in [0.2, 0.25) is 0 Å². The van der Waals surface area contributed by atoms with Gasteiger partial charge in [0.2, 0.25) is 0 Å². The van der Waals surface area contributed by atoms with Gasteiger partial charge in [0, 0.05) is 12.0 Å². The van der Waals surface area contributed by atoms with Crippen LogP contribution >= 0.6 is 11.5 Å². The summed E-state index contributed by atoms with van der Waals surface area (Å²) in [6.07, 6.45) is 0. The minimum absolute atomic E-state index is 0.145. The lowest BCUT2D eigenvalue weighted by Crippen LogP contribution is -2.39. The van der Waals surface area contributed by atoms with Crippen molar-refractivity contribution in [3.05, 3.63) is 11.5 Å². The van der Waals surface area contributed by atoms with Crippen LogP contribution in [-0.4, -0.2) is 32.9 Å². The Morgan fingerprint density at radius 1 is 1.29 bits per heavy atom. The maximum absolute atomic E-state index is 6.18. The predicted molar refractivity (Wildman–Crippen MR) is 79.9 cm³/mol. The van der Waals surface area contributed by atoms with E-state index in [4.69, 9.17) is 15.0 Å². The Morgan fingerprint density at radius 2 is 2.00 bits per heavy atom. The number of hydrogen-bond acceptors (Lipinski definition) is 8. The fourth-order valence-electron chi connectivity index (χ4n) is 1.75. The van der Waals surface area contributed by atoms with Crippen molar-refractivity contribution in [3.63, 3.8) is 0 Å². The van der Waals surface area contributed by atoms with Gasteiger partial charge in [-0.05, 0) is 25.4 Å². The quantitative estimate of drug-likeness (QED) is 0.902. The van der Waals surface area contributed by atoms with Crippen molar-refractivity contribution >= 4 is 11.5 Å². The average Bonchev–Trinajstić information content (AvgIpc) is 3.03. The van der Waals surface area contributed by atoms with E-state index in [9.17, 15) is 0 Å². The second-order valence-corrected chi connectivity index (χ2v) is 6.93. The van der Waals surface area contributed by atoms with E-state index in [0.717, 1.165) is 10.6 Å². The number of nitrogens with zero attached hydrogens (tertiary/aromatic N) is 4. The fraction of sp³-hybridized carbons (Fsp3) is 0.692. The zero-order valence-electron chi connectivity index (χ0n) is 13.0. The van der Waals surface area contributed by atoms with Crippen molar-refractivity contribution in [3.8, 4) is 10.8 Å². The Labute approximate surface area is 128 Å². The first kappa shape index (κ1) is 16.0. The van der Waals surface area contributed by atoms with Gasteiger partial charge in [0.25, 0.3) is 5.89 Å². The van der Waals surface area contributed by atoms with Gasteiger partial charge in [-0.3, -0.25) is 0 Å². The fourth-order valence-corrected chi connectivity index (χ4v) is 2.55. The first-order valence-electron chi connectivity index (χ1n) is 6.79. The van der Waals surface area contributed by atoms with E-state index >= 15 is 0 Å². The van der Waals surface area contributed by atoms with Gasteiger partial charge in [0.05, 0.1) is 12.3 Å². The predicted octanol–water partition coefficient (Wildman–Crippen LogP) is 2.10. The lowest BCUT2D eigenvalue weighted by Gasteiger charge is -2.19. The standard InChI is InChI=1S/C13H21N5O2S/c1-6-19-7-13(5,14)11-15-10(20-17-11)8-9(12(2,3)4)16-18-21-8/h6-7,14H2,1-5H3. The molecule has 0 amide bonds. The highest BCUT2D eigenvalue weighted by atomic mass is 32.1. The summed E-state index contributed by atoms with van der Waals surface area (Å²) < 4.78 is 14.7.